The summed E-state index contributed by atoms with van der Waals surface area (Å²) in [6.07, 6.45) is 2.93. The summed E-state index contributed by atoms with van der Waals surface area (Å²) in [5.74, 6) is 0.490. The lowest BCUT2D eigenvalue weighted by Gasteiger charge is -2.25. The first-order chi connectivity index (χ1) is 12.7. The molecule has 3 amide bonds. The molecule has 2 unspecified atom stereocenters. The summed E-state index contributed by atoms with van der Waals surface area (Å²) in [7, 11) is 1.49. The lowest BCUT2D eigenvalue weighted by molar-refractivity contribution is -0.120. The SMILES string of the molecule is COc1cc(N2C(=O)[C@H]3C4CCC(C4)N3C2=O)c2ccccc2c1C#N. The van der Waals surface area contributed by atoms with Gasteiger partial charge >= 0.3 is 6.03 Å². The maximum Gasteiger partial charge on any atom is 0.332 e. The van der Waals surface area contributed by atoms with Crippen molar-refractivity contribution in [2.45, 2.75) is 31.3 Å². The number of anilines is 1. The van der Waals surface area contributed by atoms with Crippen LogP contribution < -0.4 is 9.64 Å². The molecule has 130 valence electrons. The molecule has 6 nitrogen and oxygen atoms in total. The fourth-order valence-electron chi connectivity index (χ4n) is 4.94. The Morgan fingerprint density at radius 3 is 2.65 bits per heavy atom. The number of imide groups is 1. The van der Waals surface area contributed by atoms with Gasteiger partial charge in [-0.05, 0) is 25.2 Å². The summed E-state index contributed by atoms with van der Waals surface area (Å²) in [6, 6.07) is 10.7. The molecule has 1 saturated carbocycles. The molecule has 5 rings (SSSR count). The van der Waals surface area contributed by atoms with Crippen LogP contribution in [0.1, 0.15) is 24.8 Å². The minimum atomic E-state index is -0.332. The quantitative estimate of drug-likeness (QED) is 0.783. The van der Waals surface area contributed by atoms with Crippen LogP contribution in [0.2, 0.25) is 0 Å². The number of amides is 3. The van der Waals surface area contributed by atoms with Crippen LogP contribution in [-0.4, -0.2) is 36.0 Å². The Bertz CT molecular complexity index is 981. The zero-order valence-corrected chi connectivity index (χ0v) is 14.3. The van der Waals surface area contributed by atoms with E-state index in [1.165, 1.54) is 12.0 Å². The first-order valence-corrected chi connectivity index (χ1v) is 8.81. The number of carbonyl (C=O) groups excluding carboxylic acids is 2. The van der Waals surface area contributed by atoms with Gasteiger partial charge in [-0.15, -0.1) is 0 Å². The van der Waals surface area contributed by atoms with Crippen molar-refractivity contribution in [3.8, 4) is 11.8 Å². The third-order valence-electron chi connectivity index (χ3n) is 6.03. The molecule has 6 heteroatoms. The first-order valence-electron chi connectivity index (χ1n) is 8.81. The average molecular weight is 347 g/mol. The monoisotopic (exact) mass is 347 g/mol. The fourth-order valence-corrected chi connectivity index (χ4v) is 4.94. The van der Waals surface area contributed by atoms with E-state index in [9.17, 15) is 14.9 Å². The number of hydrogen-bond acceptors (Lipinski definition) is 4. The second-order valence-electron chi connectivity index (χ2n) is 7.17. The fraction of sp³-hybridized carbons (Fsp3) is 0.350. The van der Waals surface area contributed by atoms with E-state index in [0.29, 0.717) is 27.8 Å². The Balaban J connectivity index is 1.72. The van der Waals surface area contributed by atoms with Gasteiger partial charge in [0.15, 0.2) is 0 Å². The van der Waals surface area contributed by atoms with E-state index in [4.69, 9.17) is 4.74 Å². The van der Waals surface area contributed by atoms with E-state index in [1.54, 1.807) is 11.0 Å². The number of piperidine rings is 1. The number of benzene rings is 2. The normalized spacial score (nSPS) is 26.5. The summed E-state index contributed by atoms with van der Waals surface area (Å²) in [5.41, 5.74) is 0.909. The summed E-state index contributed by atoms with van der Waals surface area (Å²) in [6.45, 7) is 0. The van der Waals surface area contributed by atoms with Crippen LogP contribution in [0.5, 0.6) is 5.75 Å². The van der Waals surface area contributed by atoms with Crippen molar-refractivity contribution < 1.29 is 14.3 Å². The molecule has 2 aromatic rings. The number of nitrogens with zero attached hydrogens (tertiary/aromatic N) is 3. The van der Waals surface area contributed by atoms with Crippen molar-refractivity contribution in [3.05, 3.63) is 35.9 Å². The van der Waals surface area contributed by atoms with E-state index >= 15 is 0 Å². The van der Waals surface area contributed by atoms with Crippen LogP contribution in [0.25, 0.3) is 10.8 Å². The lowest BCUT2D eigenvalue weighted by Crippen LogP contribution is -2.40. The van der Waals surface area contributed by atoms with E-state index in [2.05, 4.69) is 6.07 Å². The van der Waals surface area contributed by atoms with Gasteiger partial charge in [-0.1, -0.05) is 24.3 Å². The molecule has 2 bridgehead atoms. The van der Waals surface area contributed by atoms with Crippen LogP contribution in [0, 0.1) is 17.2 Å². The molecule has 0 spiro atoms. The average Bonchev–Trinajstić information content (AvgIpc) is 3.34. The van der Waals surface area contributed by atoms with Crippen molar-refractivity contribution in [2.75, 3.05) is 12.0 Å². The molecular weight excluding hydrogens is 330 g/mol. The molecule has 2 saturated heterocycles. The maximum atomic E-state index is 13.1. The van der Waals surface area contributed by atoms with Gasteiger partial charge in [-0.2, -0.15) is 5.26 Å². The number of ether oxygens (including phenoxy) is 1. The summed E-state index contributed by atoms with van der Waals surface area (Å²) in [5, 5.41) is 10.9. The first kappa shape index (κ1) is 15.2. The van der Waals surface area contributed by atoms with Crippen molar-refractivity contribution in [2.24, 2.45) is 5.92 Å². The topological polar surface area (TPSA) is 73.6 Å². The number of rotatable bonds is 2. The second-order valence-corrected chi connectivity index (χ2v) is 7.17. The number of methoxy groups -OCH3 is 1. The van der Waals surface area contributed by atoms with Gasteiger partial charge in [0.05, 0.1) is 12.8 Å². The zero-order chi connectivity index (χ0) is 18.0. The molecule has 0 radical (unpaired) electrons. The summed E-state index contributed by atoms with van der Waals surface area (Å²) < 4.78 is 5.38. The Hall–Kier alpha value is -3.07. The third kappa shape index (κ3) is 1.75. The van der Waals surface area contributed by atoms with Gasteiger partial charge in [0, 0.05) is 22.9 Å². The Kier molecular flexibility index (Phi) is 3.05. The highest BCUT2D eigenvalue weighted by Crippen LogP contribution is 2.48. The molecule has 26 heavy (non-hydrogen) atoms. The molecule has 1 aliphatic carbocycles. The number of urea groups is 1. The van der Waals surface area contributed by atoms with E-state index in [1.807, 2.05) is 24.3 Å². The maximum absolute atomic E-state index is 13.1. The third-order valence-corrected chi connectivity index (χ3v) is 6.03. The standard InChI is InChI=1S/C20H17N3O3/c1-26-17-9-16(14-5-3-2-4-13(14)15(17)10-21)23-19(24)18-11-6-7-12(8-11)22(18)20(23)25/h2-5,9,11-12,18H,6-8H2,1H3/t11?,12?,18-/m1/s1. The largest absolute Gasteiger partial charge is 0.495 e. The van der Waals surface area contributed by atoms with Crippen LogP contribution in [0.4, 0.5) is 10.5 Å². The molecule has 2 heterocycles. The smallest absolute Gasteiger partial charge is 0.332 e. The molecule has 2 aromatic carbocycles. The van der Waals surface area contributed by atoms with Crippen LogP contribution >= 0.6 is 0 Å². The minimum absolute atomic E-state index is 0.154. The highest BCUT2D eigenvalue weighted by molar-refractivity contribution is 6.25. The van der Waals surface area contributed by atoms with Gasteiger partial charge < -0.3 is 9.64 Å². The van der Waals surface area contributed by atoms with Crippen molar-refractivity contribution >= 4 is 28.4 Å². The highest BCUT2D eigenvalue weighted by atomic mass is 16.5. The van der Waals surface area contributed by atoms with Gasteiger partial charge in [0.25, 0.3) is 5.91 Å². The van der Waals surface area contributed by atoms with Gasteiger partial charge in [0.2, 0.25) is 0 Å². The molecule has 2 aliphatic heterocycles. The molecule has 3 fully saturated rings. The Morgan fingerprint density at radius 1 is 1.19 bits per heavy atom. The van der Waals surface area contributed by atoms with Crippen molar-refractivity contribution in [1.82, 2.24) is 4.90 Å². The van der Waals surface area contributed by atoms with Crippen LogP contribution in [0.3, 0.4) is 0 Å². The van der Waals surface area contributed by atoms with Gasteiger partial charge in [0.1, 0.15) is 23.4 Å². The zero-order valence-electron chi connectivity index (χ0n) is 14.3. The number of fused-ring (bicyclic) bond motifs is 6. The Labute approximate surface area is 150 Å². The molecule has 0 aromatic heterocycles. The Morgan fingerprint density at radius 2 is 1.96 bits per heavy atom. The van der Waals surface area contributed by atoms with Crippen molar-refractivity contribution in [1.29, 1.82) is 5.26 Å². The molecular formula is C20H17N3O3. The number of hydrogen-bond donors (Lipinski definition) is 0. The van der Waals surface area contributed by atoms with Crippen LogP contribution in [0.15, 0.2) is 30.3 Å². The molecule has 3 atom stereocenters. The summed E-state index contributed by atoms with van der Waals surface area (Å²) >= 11 is 0. The van der Waals surface area contributed by atoms with E-state index < -0.39 is 0 Å². The predicted molar refractivity (Wildman–Crippen MR) is 94.9 cm³/mol. The predicted octanol–water partition coefficient (Wildman–Crippen LogP) is 3.04. The van der Waals surface area contributed by atoms with Crippen LogP contribution in [-0.2, 0) is 4.79 Å². The molecule has 0 N–H and O–H groups in total. The highest BCUT2D eigenvalue weighted by Gasteiger charge is 2.59. The van der Waals surface area contributed by atoms with E-state index in [-0.39, 0.29) is 29.9 Å². The molecule has 3 aliphatic rings. The number of carbonyl (C=O) groups is 2. The van der Waals surface area contributed by atoms with E-state index in [0.717, 1.165) is 19.3 Å². The minimum Gasteiger partial charge on any atom is -0.495 e. The lowest BCUT2D eigenvalue weighted by atomic mass is 9.98. The van der Waals surface area contributed by atoms with Crippen molar-refractivity contribution in [3.63, 3.8) is 0 Å². The van der Waals surface area contributed by atoms with Gasteiger partial charge in [-0.3, -0.25) is 4.79 Å². The number of nitriles is 1. The summed E-state index contributed by atoms with van der Waals surface area (Å²) in [4.78, 5) is 29.3. The second kappa shape index (κ2) is 5.21. The van der Waals surface area contributed by atoms with Gasteiger partial charge in [-0.25, -0.2) is 9.69 Å².